The number of likely N-dealkylation sites (tertiary alicyclic amines) is 1. The van der Waals surface area contributed by atoms with Gasteiger partial charge in [-0.2, -0.15) is 5.10 Å². The van der Waals surface area contributed by atoms with Crippen LogP contribution in [0.3, 0.4) is 0 Å². The fourth-order valence-corrected chi connectivity index (χ4v) is 4.85. The lowest BCUT2D eigenvalue weighted by Crippen LogP contribution is -2.52. The largest absolute Gasteiger partial charge is 0.458 e. The Morgan fingerprint density at radius 2 is 1.96 bits per heavy atom. The van der Waals surface area contributed by atoms with Crippen molar-refractivity contribution >= 4 is 5.82 Å². The monoisotopic (exact) mass is 377 g/mol. The smallest absolute Gasteiger partial charge is 0.152 e. The third-order valence-corrected chi connectivity index (χ3v) is 6.41. The van der Waals surface area contributed by atoms with Crippen molar-refractivity contribution in [2.45, 2.75) is 44.7 Å². The average Bonchev–Trinajstić information content (AvgIpc) is 3.45. The summed E-state index contributed by atoms with van der Waals surface area (Å²) in [5, 5.41) is 6.98. The molecule has 0 amide bonds. The maximum atomic E-state index is 6.09. The standard InChI is InChI=1S/C22H27N5O/c1-17-4-2-5-21(24-17)26-14-10-22(11-15-26)9-3-13-27(22)16-18-6-7-20(28-18)19-8-12-23-25-19/h2,4-8,12H,3,9-11,13-16H2,1H3,(H,23,25). The third kappa shape index (κ3) is 3.22. The predicted molar refractivity (Wildman–Crippen MR) is 109 cm³/mol. The van der Waals surface area contributed by atoms with Gasteiger partial charge in [0.15, 0.2) is 5.76 Å². The molecular formula is C22H27N5O. The molecule has 2 aliphatic rings. The first-order valence-electron chi connectivity index (χ1n) is 10.2. The molecule has 5 rings (SSSR count). The molecule has 0 unspecified atom stereocenters. The molecule has 2 fully saturated rings. The predicted octanol–water partition coefficient (Wildman–Crippen LogP) is 4.01. The van der Waals surface area contributed by atoms with E-state index >= 15 is 0 Å². The molecule has 146 valence electrons. The molecule has 28 heavy (non-hydrogen) atoms. The van der Waals surface area contributed by atoms with E-state index in [2.05, 4.69) is 51.2 Å². The van der Waals surface area contributed by atoms with Crippen molar-refractivity contribution in [3.63, 3.8) is 0 Å². The molecule has 0 aliphatic carbocycles. The fourth-order valence-electron chi connectivity index (χ4n) is 4.85. The highest BCUT2D eigenvalue weighted by molar-refractivity contribution is 5.51. The van der Waals surface area contributed by atoms with E-state index in [0.29, 0.717) is 5.54 Å². The number of aryl methyl sites for hydroxylation is 1. The van der Waals surface area contributed by atoms with Crippen LogP contribution in [-0.4, -0.2) is 45.3 Å². The van der Waals surface area contributed by atoms with Gasteiger partial charge in [0.25, 0.3) is 0 Å². The third-order valence-electron chi connectivity index (χ3n) is 6.41. The Kier molecular flexibility index (Phi) is 4.43. The number of piperidine rings is 1. The van der Waals surface area contributed by atoms with Gasteiger partial charge < -0.3 is 9.32 Å². The number of hydrogen-bond acceptors (Lipinski definition) is 5. The second-order valence-electron chi connectivity index (χ2n) is 8.11. The minimum atomic E-state index is 0.307. The average molecular weight is 377 g/mol. The normalized spacial score (nSPS) is 19.5. The first-order valence-corrected chi connectivity index (χ1v) is 10.2. The highest BCUT2D eigenvalue weighted by Gasteiger charge is 2.43. The topological polar surface area (TPSA) is 61.2 Å². The van der Waals surface area contributed by atoms with E-state index < -0.39 is 0 Å². The molecule has 0 aromatic carbocycles. The summed E-state index contributed by atoms with van der Waals surface area (Å²) in [6, 6.07) is 12.4. The van der Waals surface area contributed by atoms with Crippen molar-refractivity contribution in [3.05, 3.63) is 54.0 Å². The molecule has 2 aliphatic heterocycles. The zero-order valence-corrected chi connectivity index (χ0v) is 16.4. The minimum Gasteiger partial charge on any atom is -0.458 e. The van der Waals surface area contributed by atoms with Gasteiger partial charge in [-0.05, 0) is 69.5 Å². The van der Waals surface area contributed by atoms with Gasteiger partial charge >= 0.3 is 0 Å². The van der Waals surface area contributed by atoms with E-state index in [9.17, 15) is 0 Å². The van der Waals surface area contributed by atoms with Crippen molar-refractivity contribution < 1.29 is 4.42 Å². The van der Waals surface area contributed by atoms with Crippen LogP contribution >= 0.6 is 0 Å². The summed E-state index contributed by atoms with van der Waals surface area (Å²) < 4.78 is 6.09. The highest BCUT2D eigenvalue weighted by atomic mass is 16.3. The lowest BCUT2D eigenvalue weighted by atomic mass is 9.85. The Labute approximate surface area is 165 Å². The lowest BCUT2D eigenvalue weighted by molar-refractivity contribution is 0.0925. The number of pyridine rings is 1. The van der Waals surface area contributed by atoms with Crippen molar-refractivity contribution in [2.75, 3.05) is 24.5 Å². The minimum absolute atomic E-state index is 0.307. The van der Waals surface area contributed by atoms with Crippen molar-refractivity contribution in [2.24, 2.45) is 0 Å². The molecule has 0 atom stereocenters. The number of H-pyrrole nitrogens is 1. The summed E-state index contributed by atoms with van der Waals surface area (Å²) >= 11 is 0. The summed E-state index contributed by atoms with van der Waals surface area (Å²) in [6.45, 7) is 6.25. The van der Waals surface area contributed by atoms with E-state index in [4.69, 9.17) is 9.40 Å². The molecule has 1 spiro atoms. The fraction of sp³-hybridized carbons (Fsp3) is 0.455. The van der Waals surface area contributed by atoms with Crippen LogP contribution in [0.15, 0.2) is 47.0 Å². The van der Waals surface area contributed by atoms with Crippen LogP contribution in [0.5, 0.6) is 0 Å². The molecule has 2 saturated heterocycles. The molecular weight excluding hydrogens is 350 g/mol. The van der Waals surface area contributed by atoms with Crippen molar-refractivity contribution in [1.82, 2.24) is 20.1 Å². The van der Waals surface area contributed by atoms with E-state index in [1.165, 1.54) is 25.7 Å². The van der Waals surface area contributed by atoms with Crippen molar-refractivity contribution in [3.8, 4) is 11.5 Å². The molecule has 5 heterocycles. The molecule has 3 aromatic heterocycles. The van der Waals surface area contributed by atoms with E-state index in [1.54, 1.807) is 6.20 Å². The highest BCUT2D eigenvalue weighted by Crippen LogP contribution is 2.40. The van der Waals surface area contributed by atoms with Gasteiger partial charge in [-0.15, -0.1) is 0 Å². The maximum Gasteiger partial charge on any atom is 0.152 e. The first-order chi connectivity index (χ1) is 13.7. The molecule has 0 bridgehead atoms. The lowest BCUT2D eigenvalue weighted by Gasteiger charge is -2.45. The molecule has 0 radical (unpaired) electrons. The number of nitrogens with one attached hydrogen (secondary N) is 1. The van der Waals surface area contributed by atoms with Gasteiger partial charge in [-0.1, -0.05) is 6.07 Å². The van der Waals surface area contributed by atoms with Crippen LogP contribution in [0.1, 0.15) is 37.1 Å². The summed E-state index contributed by atoms with van der Waals surface area (Å²) in [7, 11) is 0. The number of hydrogen-bond donors (Lipinski definition) is 1. The summed E-state index contributed by atoms with van der Waals surface area (Å²) in [5.41, 5.74) is 2.33. The maximum absolute atomic E-state index is 6.09. The number of furan rings is 1. The van der Waals surface area contributed by atoms with Crippen molar-refractivity contribution in [1.29, 1.82) is 0 Å². The van der Waals surface area contributed by atoms with Crippen LogP contribution in [0.25, 0.3) is 11.5 Å². The van der Waals surface area contributed by atoms with Crippen LogP contribution in [0.4, 0.5) is 5.82 Å². The molecule has 0 saturated carbocycles. The Balaban J connectivity index is 1.27. The van der Waals surface area contributed by atoms with Gasteiger partial charge in [-0.25, -0.2) is 4.98 Å². The first kappa shape index (κ1) is 17.5. The molecule has 6 heteroatoms. The molecule has 3 aromatic rings. The number of aromatic amines is 1. The summed E-state index contributed by atoms with van der Waals surface area (Å²) in [4.78, 5) is 9.81. The zero-order valence-electron chi connectivity index (χ0n) is 16.4. The van der Waals surface area contributed by atoms with Gasteiger partial charge in [0, 0.05) is 30.5 Å². The summed E-state index contributed by atoms with van der Waals surface area (Å²) in [5.74, 6) is 3.02. The van der Waals surface area contributed by atoms with Gasteiger partial charge in [-0.3, -0.25) is 10.00 Å². The van der Waals surface area contributed by atoms with Crippen LogP contribution in [0, 0.1) is 6.92 Å². The van der Waals surface area contributed by atoms with E-state index in [0.717, 1.165) is 54.9 Å². The Hall–Kier alpha value is -2.60. The Bertz CT molecular complexity index is 924. The second-order valence-corrected chi connectivity index (χ2v) is 8.11. The van der Waals surface area contributed by atoms with E-state index in [-0.39, 0.29) is 0 Å². The Morgan fingerprint density at radius 3 is 2.75 bits per heavy atom. The second kappa shape index (κ2) is 7.09. The van der Waals surface area contributed by atoms with Crippen LogP contribution in [-0.2, 0) is 6.54 Å². The van der Waals surface area contributed by atoms with E-state index in [1.807, 2.05) is 12.1 Å². The number of rotatable bonds is 4. The number of aromatic nitrogens is 3. The van der Waals surface area contributed by atoms with Gasteiger partial charge in [0.1, 0.15) is 17.3 Å². The number of nitrogens with zero attached hydrogens (tertiary/aromatic N) is 4. The van der Waals surface area contributed by atoms with Crippen LogP contribution < -0.4 is 4.90 Å². The molecule has 1 N–H and O–H groups in total. The molecule has 6 nitrogen and oxygen atoms in total. The Morgan fingerprint density at radius 1 is 1.07 bits per heavy atom. The SMILES string of the molecule is Cc1cccc(N2CCC3(CCCN3Cc3ccc(-c4ccn[nH]4)o3)CC2)n1. The van der Waals surface area contributed by atoms with Gasteiger partial charge in [0.05, 0.1) is 6.54 Å². The quantitative estimate of drug-likeness (QED) is 0.744. The number of anilines is 1. The zero-order chi connectivity index (χ0) is 19.0. The van der Waals surface area contributed by atoms with Crippen LogP contribution in [0.2, 0.25) is 0 Å². The van der Waals surface area contributed by atoms with Gasteiger partial charge in [0.2, 0.25) is 0 Å². The summed E-state index contributed by atoms with van der Waals surface area (Å²) in [6.07, 6.45) is 6.70.